The first-order valence-electron chi connectivity index (χ1n) is 5.74. The second-order valence-corrected chi connectivity index (χ2v) is 4.23. The SMILES string of the molecule is C#Cc1ccc(OCC)cc1-c1cccc(Cl)c1. The highest BCUT2D eigenvalue weighted by molar-refractivity contribution is 6.30. The highest BCUT2D eigenvalue weighted by Gasteiger charge is 2.06. The molecule has 0 aliphatic carbocycles. The molecule has 0 saturated heterocycles. The lowest BCUT2D eigenvalue weighted by Gasteiger charge is -2.09. The summed E-state index contributed by atoms with van der Waals surface area (Å²) < 4.78 is 5.50. The molecule has 0 N–H and O–H groups in total. The molecule has 2 aromatic rings. The zero-order valence-corrected chi connectivity index (χ0v) is 10.9. The van der Waals surface area contributed by atoms with E-state index >= 15 is 0 Å². The van der Waals surface area contributed by atoms with Crippen LogP contribution in [0.2, 0.25) is 5.02 Å². The van der Waals surface area contributed by atoms with E-state index in [0.717, 1.165) is 22.4 Å². The van der Waals surface area contributed by atoms with Crippen LogP contribution in [-0.2, 0) is 0 Å². The molecular formula is C16H13ClO. The molecule has 2 heteroatoms. The summed E-state index contributed by atoms with van der Waals surface area (Å²) in [5.41, 5.74) is 2.80. The number of hydrogen-bond donors (Lipinski definition) is 0. The van der Waals surface area contributed by atoms with Crippen LogP contribution >= 0.6 is 11.6 Å². The molecule has 1 nitrogen and oxygen atoms in total. The second-order valence-electron chi connectivity index (χ2n) is 3.80. The lowest BCUT2D eigenvalue weighted by atomic mass is 10.00. The average molecular weight is 257 g/mol. The molecule has 0 aliphatic rings. The van der Waals surface area contributed by atoms with Crippen molar-refractivity contribution in [3.05, 3.63) is 53.1 Å². The van der Waals surface area contributed by atoms with E-state index in [-0.39, 0.29) is 0 Å². The quantitative estimate of drug-likeness (QED) is 0.740. The first kappa shape index (κ1) is 12.5. The smallest absolute Gasteiger partial charge is 0.119 e. The van der Waals surface area contributed by atoms with Crippen LogP contribution in [0, 0.1) is 12.3 Å². The van der Waals surface area contributed by atoms with E-state index in [9.17, 15) is 0 Å². The zero-order valence-electron chi connectivity index (χ0n) is 10.1. The van der Waals surface area contributed by atoms with Crippen LogP contribution in [0.15, 0.2) is 42.5 Å². The van der Waals surface area contributed by atoms with Crippen LogP contribution in [-0.4, -0.2) is 6.61 Å². The van der Waals surface area contributed by atoms with Gasteiger partial charge in [-0.1, -0.05) is 29.7 Å². The van der Waals surface area contributed by atoms with Gasteiger partial charge in [0.15, 0.2) is 0 Å². The maximum Gasteiger partial charge on any atom is 0.119 e. The maximum absolute atomic E-state index is 6.01. The highest BCUT2D eigenvalue weighted by Crippen LogP contribution is 2.29. The first-order chi connectivity index (χ1) is 8.74. The predicted molar refractivity (Wildman–Crippen MR) is 76.0 cm³/mol. The van der Waals surface area contributed by atoms with Crippen molar-refractivity contribution in [3.63, 3.8) is 0 Å². The molecule has 0 amide bonds. The fourth-order valence-corrected chi connectivity index (χ4v) is 1.99. The third-order valence-electron chi connectivity index (χ3n) is 2.59. The molecule has 0 atom stereocenters. The van der Waals surface area contributed by atoms with Crippen molar-refractivity contribution >= 4 is 11.6 Å². The van der Waals surface area contributed by atoms with Crippen LogP contribution in [0.3, 0.4) is 0 Å². The molecule has 18 heavy (non-hydrogen) atoms. The molecule has 2 rings (SSSR count). The van der Waals surface area contributed by atoms with E-state index in [1.807, 2.05) is 49.4 Å². The van der Waals surface area contributed by atoms with Gasteiger partial charge < -0.3 is 4.74 Å². The molecule has 0 radical (unpaired) electrons. The average Bonchev–Trinajstić information content (AvgIpc) is 2.39. The van der Waals surface area contributed by atoms with Gasteiger partial charge in [-0.25, -0.2) is 0 Å². The highest BCUT2D eigenvalue weighted by atomic mass is 35.5. The van der Waals surface area contributed by atoms with Crippen molar-refractivity contribution in [1.29, 1.82) is 0 Å². The van der Waals surface area contributed by atoms with E-state index in [1.54, 1.807) is 0 Å². The number of halogens is 1. The summed E-state index contributed by atoms with van der Waals surface area (Å²) in [6.07, 6.45) is 5.53. The van der Waals surface area contributed by atoms with Crippen LogP contribution in [0.25, 0.3) is 11.1 Å². The van der Waals surface area contributed by atoms with Gasteiger partial charge in [-0.2, -0.15) is 0 Å². The Hall–Kier alpha value is -1.91. The third kappa shape index (κ3) is 2.67. The Morgan fingerprint density at radius 1 is 1.22 bits per heavy atom. The Morgan fingerprint density at radius 3 is 2.72 bits per heavy atom. The van der Waals surface area contributed by atoms with Crippen molar-refractivity contribution in [1.82, 2.24) is 0 Å². The molecule has 0 heterocycles. The number of ether oxygens (including phenoxy) is 1. The van der Waals surface area contributed by atoms with Crippen molar-refractivity contribution in [2.24, 2.45) is 0 Å². The van der Waals surface area contributed by atoms with Gasteiger partial charge in [0.2, 0.25) is 0 Å². The topological polar surface area (TPSA) is 9.23 Å². The Kier molecular flexibility index (Phi) is 3.92. The van der Waals surface area contributed by atoms with Crippen molar-refractivity contribution < 1.29 is 4.74 Å². The van der Waals surface area contributed by atoms with Gasteiger partial charge in [0.25, 0.3) is 0 Å². The fourth-order valence-electron chi connectivity index (χ4n) is 1.80. The van der Waals surface area contributed by atoms with Gasteiger partial charge >= 0.3 is 0 Å². The van der Waals surface area contributed by atoms with Gasteiger partial charge in [0.1, 0.15) is 5.75 Å². The lowest BCUT2D eigenvalue weighted by molar-refractivity contribution is 0.340. The van der Waals surface area contributed by atoms with Crippen LogP contribution < -0.4 is 4.74 Å². The van der Waals surface area contributed by atoms with Crippen LogP contribution in [0.4, 0.5) is 0 Å². The molecule has 0 saturated carbocycles. The van der Waals surface area contributed by atoms with Crippen molar-refractivity contribution in [2.45, 2.75) is 6.92 Å². The van der Waals surface area contributed by atoms with Crippen molar-refractivity contribution in [3.8, 4) is 29.2 Å². The largest absolute Gasteiger partial charge is 0.494 e. The molecule has 0 aliphatic heterocycles. The van der Waals surface area contributed by atoms with E-state index in [0.29, 0.717) is 11.6 Å². The summed E-state index contributed by atoms with van der Waals surface area (Å²) in [5.74, 6) is 3.50. The Bertz CT molecular complexity index is 596. The third-order valence-corrected chi connectivity index (χ3v) is 2.83. The molecule has 2 aromatic carbocycles. The van der Waals surface area contributed by atoms with Crippen LogP contribution in [0.1, 0.15) is 12.5 Å². The standard InChI is InChI=1S/C16H13ClO/c1-3-12-8-9-15(18-4-2)11-16(12)13-6-5-7-14(17)10-13/h1,5-11H,4H2,2H3. The van der Waals surface area contributed by atoms with E-state index in [4.69, 9.17) is 22.8 Å². The predicted octanol–water partition coefficient (Wildman–Crippen LogP) is 4.39. The van der Waals surface area contributed by atoms with Gasteiger partial charge in [-0.15, -0.1) is 6.42 Å². The minimum Gasteiger partial charge on any atom is -0.494 e. The summed E-state index contributed by atoms with van der Waals surface area (Å²) in [4.78, 5) is 0. The maximum atomic E-state index is 6.01. The van der Waals surface area contributed by atoms with Gasteiger partial charge in [-0.3, -0.25) is 0 Å². The first-order valence-corrected chi connectivity index (χ1v) is 6.11. The van der Waals surface area contributed by atoms with E-state index in [2.05, 4.69) is 5.92 Å². The van der Waals surface area contributed by atoms with Crippen molar-refractivity contribution in [2.75, 3.05) is 6.61 Å². The molecule has 0 spiro atoms. The summed E-state index contributed by atoms with van der Waals surface area (Å²) in [7, 11) is 0. The minimum atomic E-state index is 0.629. The fraction of sp³-hybridized carbons (Fsp3) is 0.125. The van der Waals surface area contributed by atoms with E-state index in [1.165, 1.54) is 0 Å². The van der Waals surface area contributed by atoms with Crippen LogP contribution in [0.5, 0.6) is 5.75 Å². The van der Waals surface area contributed by atoms with Gasteiger partial charge in [0, 0.05) is 16.1 Å². The lowest BCUT2D eigenvalue weighted by Crippen LogP contribution is -1.93. The summed E-state index contributed by atoms with van der Waals surface area (Å²) in [6.45, 7) is 2.58. The number of terminal acetylenes is 1. The zero-order chi connectivity index (χ0) is 13.0. The normalized spacial score (nSPS) is 9.83. The Balaban J connectivity index is 2.54. The molecule has 0 fully saturated rings. The van der Waals surface area contributed by atoms with Gasteiger partial charge in [0.05, 0.1) is 6.61 Å². The summed E-state index contributed by atoms with van der Waals surface area (Å²) in [6, 6.07) is 13.3. The summed E-state index contributed by atoms with van der Waals surface area (Å²) in [5, 5.41) is 0.692. The monoisotopic (exact) mass is 256 g/mol. The molecular weight excluding hydrogens is 244 g/mol. The second kappa shape index (κ2) is 5.62. The number of rotatable bonds is 3. The van der Waals surface area contributed by atoms with E-state index < -0.39 is 0 Å². The Labute approximate surface area is 112 Å². The molecule has 0 aromatic heterocycles. The number of benzene rings is 2. The molecule has 0 unspecified atom stereocenters. The minimum absolute atomic E-state index is 0.629. The van der Waals surface area contributed by atoms with Gasteiger partial charge in [-0.05, 0) is 42.8 Å². The summed E-state index contributed by atoms with van der Waals surface area (Å²) >= 11 is 6.01. The number of hydrogen-bond acceptors (Lipinski definition) is 1. The molecule has 0 bridgehead atoms. The molecule has 90 valence electrons. The Morgan fingerprint density at radius 2 is 2.06 bits per heavy atom.